The molecule has 2 aromatic heterocycles. The fraction of sp³-hybridized carbons (Fsp3) is 0.451. The lowest BCUT2D eigenvalue weighted by atomic mass is 9.59. The van der Waals surface area contributed by atoms with Gasteiger partial charge in [0.1, 0.15) is 23.1 Å². The zero-order chi connectivity index (χ0) is 46.7. The number of aromatic nitrogens is 2. The second-order valence-corrected chi connectivity index (χ2v) is 21.4. The van der Waals surface area contributed by atoms with Gasteiger partial charge in [-0.05, 0) is 130 Å². The number of H-pyrrole nitrogens is 1. The molecule has 5 aliphatic heterocycles. The number of anilines is 4. The lowest BCUT2D eigenvalue weighted by molar-refractivity contribution is -0.384. The molecule has 6 aliphatic rings. The van der Waals surface area contributed by atoms with E-state index in [1.807, 2.05) is 29.2 Å². The van der Waals surface area contributed by atoms with Gasteiger partial charge in [0, 0.05) is 68.3 Å². The Kier molecular flexibility index (Phi) is 11.7. The summed E-state index contributed by atoms with van der Waals surface area (Å²) in [5.74, 6) is -0.233. The van der Waals surface area contributed by atoms with E-state index in [4.69, 9.17) is 19.2 Å². The molecule has 4 saturated heterocycles. The number of nitro benzene ring substituents is 1. The number of nitrogens with one attached hydrogen (secondary N) is 3. The predicted molar refractivity (Wildman–Crippen MR) is 260 cm³/mol. The maximum Gasteiger partial charge on any atom is 0.293 e. The van der Waals surface area contributed by atoms with Crippen molar-refractivity contribution in [3.05, 3.63) is 112 Å². The Morgan fingerprint density at radius 3 is 2.56 bits per heavy atom. The minimum atomic E-state index is -4.59. The van der Waals surface area contributed by atoms with Crippen LogP contribution in [0.2, 0.25) is 0 Å². The van der Waals surface area contributed by atoms with Crippen molar-refractivity contribution >= 4 is 61.0 Å². The standard InChI is InChI=1S/C51H58N8O8S/c1-32(2)38-6-3-4-7-39(38)42-8-5-19-57(42)36-27-51(28-36)16-20-56(21-17-51)35-9-11-40(43(25-35)58-45-24-34-13-18-52-48(34)54-50(45)67-47-31-66-30-46(47)58)49(60)55-68(63,64)37-10-12-41(44(26-37)59(61)62)53-29-33-14-22-65-23-15-33/h3-4,6-7,9-13,18,24-26,33,36,42,46-47,53H,1,5,8,14-17,19-23,27-31H2,2H3,(H,52,54)(H,55,60)/t42-,46-,47-/m0/s1. The third-order valence-corrected chi connectivity index (χ3v) is 16.8. The molecule has 1 spiro atoms. The fourth-order valence-corrected chi connectivity index (χ4v) is 12.8. The highest BCUT2D eigenvalue weighted by atomic mass is 32.2. The number of pyridine rings is 1. The highest BCUT2D eigenvalue weighted by Gasteiger charge is 2.50. The van der Waals surface area contributed by atoms with Gasteiger partial charge in [0.15, 0.2) is 0 Å². The van der Waals surface area contributed by atoms with Crippen molar-refractivity contribution in [2.45, 2.75) is 87.4 Å². The second-order valence-electron chi connectivity index (χ2n) is 19.7. The summed E-state index contributed by atoms with van der Waals surface area (Å²) in [5, 5.41) is 16.2. The lowest BCUT2D eigenvalue weighted by Gasteiger charge is -2.56. The van der Waals surface area contributed by atoms with Crippen LogP contribution in [-0.2, 0) is 19.5 Å². The molecule has 3 N–H and O–H groups in total. The first-order valence-electron chi connectivity index (χ1n) is 24.0. The molecule has 356 valence electrons. The first-order chi connectivity index (χ1) is 32.9. The summed E-state index contributed by atoms with van der Waals surface area (Å²) in [7, 11) is -4.59. The molecule has 5 aromatic rings. The summed E-state index contributed by atoms with van der Waals surface area (Å²) >= 11 is 0. The number of hydrogen-bond donors (Lipinski definition) is 3. The van der Waals surface area contributed by atoms with Gasteiger partial charge < -0.3 is 34.3 Å². The number of aromatic amines is 1. The number of benzene rings is 3. The van der Waals surface area contributed by atoms with Crippen LogP contribution in [-0.4, -0.2) is 105 Å². The van der Waals surface area contributed by atoms with Gasteiger partial charge in [-0.3, -0.25) is 19.8 Å². The molecule has 16 nitrogen and oxygen atoms in total. The fourth-order valence-electron chi connectivity index (χ4n) is 11.8. The van der Waals surface area contributed by atoms with Gasteiger partial charge in [0.25, 0.3) is 21.6 Å². The summed E-state index contributed by atoms with van der Waals surface area (Å²) < 4.78 is 48.3. The van der Waals surface area contributed by atoms with Gasteiger partial charge in [-0.15, -0.1) is 0 Å². The van der Waals surface area contributed by atoms with Crippen LogP contribution in [0, 0.1) is 21.4 Å². The van der Waals surface area contributed by atoms with Crippen molar-refractivity contribution in [1.82, 2.24) is 19.6 Å². The minimum Gasteiger partial charge on any atom is -0.468 e. The Bertz CT molecular complexity index is 2880. The third-order valence-electron chi connectivity index (χ3n) is 15.5. The molecule has 0 unspecified atom stereocenters. The van der Waals surface area contributed by atoms with Crippen LogP contribution in [0.1, 0.15) is 85.8 Å². The maximum absolute atomic E-state index is 14.6. The molecular weight excluding hydrogens is 885 g/mol. The van der Waals surface area contributed by atoms with Gasteiger partial charge in [-0.25, -0.2) is 13.1 Å². The molecule has 17 heteroatoms. The van der Waals surface area contributed by atoms with Gasteiger partial charge >= 0.3 is 0 Å². The highest BCUT2D eigenvalue weighted by molar-refractivity contribution is 7.90. The Hall–Kier alpha value is -6.01. The summed E-state index contributed by atoms with van der Waals surface area (Å²) in [6.07, 6.45) is 9.87. The summed E-state index contributed by atoms with van der Waals surface area (Å²) in [6.45, 7) is 11.5. The van der Waals surface area contributed by atoms with Crippen molar-refractivity contribution < 1.29 is 32.3 Å². The summed E-state index contributed by atoms with van der Waals surface area (Å²) in [6, 6.07) is 22.5. The van der Waals surface area contributed by atoms with Crippen LogP contribution >= 0.6 is 0 Å². The van der Waals surface area contributed by atoms with Crippen LogP contribution < -0.4 is 24.6 Å². The third kappa shape index (κ3) is 8.26. The molecule has 11 rings (SSSR count). The van der Waals surface area contributed by atoms with Crippen molar-refractivity contribution in [2.75, 3.05) is 67.7 Å². The van der Waals surface area contributed by atoms with E-state index >= 15 is 0 Å². The van der Waals surface area contributed by atoms with E-state index in [9.17, 15) is 23.3 Å². The van der Waals surface area contributed by atoms with Gasteiger partial charge in [-0.1, -0.05) is 36.4 Å². The number of rotatable bonds is 12. The van der Waals surface area contributed by atoms with E-state index in [1.165, 1.54) is 48.9 Å². The van der Waals surface area contributed by atoms with E-state index in [2.05, 4.69) is 62.6 Å². The van der Waals surface area contributed by atoms with Crippen molar-refractivity contribution in [1.29, 1.82) is 0 Å². The number of amides is 1. The van der Waals surface area contributed by atoms with Gasteiger partial charge in [-0.2, -0.15) is 4.98 Å². The van der Waals surface area contributed by atoms with Crippen molar-refractivity contribution in [3.8, 4) is 5.88 Å². The number of fused-ring (bicyclic) bond motifs is 3. The molecule has 68 heavy (non-hydrogen) atoms. The quantitative estimate of drug-likeness (QED) is 0.0802. The number of likely N-dealkylation sites (tertiary alicyclic amines) is 1. The molecule has 7 heterocycles. The maximum atomic E-state index is 14.6. The van der Waals surface area contributed by atoms with E-state index in [-0.39, 0.29) is 28.6 Å². The predicted octanol–water partition coefficient (Wildman–Crippen LogP) is 8.35. The summed E-state index contributed by atoms with van der Waals surface area (Å²) in [5.41, 5.74) is 6.64. The van der Waals surface area contributed by atoms with Crippen LogP contribution in [0.5, 0.6) is 5.88 Å². The Morgan fingerprint density at radius 2 is 1.76 bits per heavy atom. The van der Waals surface area contributed by atoms with E-state index in [1.54, 1.807) is 12.3 Å². The summed E-state index contributed by atoms with van der Waals surface area (Å²) in [4.78, 5) is 41.0. The molecule has 5 fully saturated rings. The molecule has 1 amide bonds. The Balaban J connectivity index is 0.866. The van der Waals surface area contributed by atoms with E-state index < -0.39 is 37.5 Å². The molecule has 3 atom stereocenters. The van der Waals surface area contributed by atoms with Gasteiger partial charge in [0.2, 0.25) is 5.88 Å². The smallest absolute Gasteiger partial charge is 0.293 e. The average Bonchev–Trinajstić information content (AvgIpc) is 4.13. The first-order valence-corrected chi connectivity index (χ1v) is 25.5. The topological polar surface area (TPSA) is 184 Å². The SMILES string of the molecule is C=C(C)c1ccccc1[C@@H]1CCCN1C1CC2(CCN(c3ccc(C(=O)NS(=O)(=O)c4ccc(NCC5CCOCC5)c([N+](=O)[O-])c4)c(N4c5cc6cc[nH]c6nc5O[C@H]5COC[C@@H]54)c3)CC2)C1. The average molecular weight is 943 g/mol. The number of sulfonamides is 1. The van der Waals surface area contributed by atoms with Crippen LogP contribution in [0.25, 0.3) is 16.6 Å². The number of ether oxygens (including phenoxy) is 3. The highest BCUT2D eigenvalue weighted by Crippen LogP contribution is 2.55. The molecule has 1 aliphatic carbocycles. The van der Waals surface area contributed by atoms with E-state index in [0.29, 0.717) is 68.0 Å². The molecular formula is C51H58N8O8S. The van der Waals surface area contributed by atoms with E-state index in [0.717, 1.165) is 68.0 Å². The Morgan fingerprint density at radius 1 is 0.956 bits per heavy atom. The van der Waals surface area contributed by atoms with Crippen LogP contribution in [0.4, 0.5) is 28.4 Å². The lowest BCUT2D eigenvalue weighted by Crippen LogP contribution is -2.55. The number of hydrogen-bond acceptors (Lipinski definition) is 13. The van der Waals surface area contributed by atoms with Crippen LogP contribution in [0.15, 0.2) is 90.5 Å². The monoisotopic (exact) mass is 942 g/mol. The zero-order valence-electron chi connectivity index (χ0n) is 38.3. The molecule has 1 saturated carbocycles. The van der Waals surface area contributed by atoms with Crippen LogP contribution in [0.3, 0.4) is 0 Å². The first kappa shape index (κ1) is 44.5. The molecule has 0 radical (unpaired) electrons. The number of carbonyl (C=O) groups excluding carboxylic acids is 1. The zero-order valence-corrected chi connectivity index (χ0v) is 39.1. The Labute approximate surface area is 396 Å². The number of nitro groups is 1. The largest absolute Gasteiger partial charge is 0.468 e. The van der Waals surface area contributed by atoms with Crippen molar-refractivity contribution in [2.24, 2.45) is 11.3 Å². The molecule has 3 aromatic carbocycles. The number of allylic oxidation sites excluding steroid dienone is 1. The second kappa shape index (κ2) is 17.8. The molecule has 0 bridgehead atoms. The number of nitrogens with zero attached hydrogens (tertiary/aromatic N) is 5. The normalized spacial score (nSPS) is 22.9. The number of carbonyl (C=O) groups is 1. The van der Waals surface area contributed by atoms with Gasteiger partial charge in [0.05, 0.1) is 40.3 Å². The number of piperidine rings is 1. The van der Waals surface area contributed by atoms with Crippen molar-refractivity contribution in [3.63, 3.8) is 0 Å². The minimum absolute atomic E-state index is 0.109.